The number of ether oxygens (including phenoxy) is 5. The molecule has 5 heteroatoms. The van der Waals surface area contributed by atoms with Crippen molar-refractivity contribution in [3.63, 3.8) is 0 Å². The Balaban J connectivity index is 1.25. The summed E-state index contributed by atoms with van der Waals surface area (Å²) in [5.74, 6) is 0.806. The van der Waals surface area contributed by atoms with Gasteiger partial charge in [0.15, 0.2) is 0 Å². The highest BCUT2D eigenvalue weighted by atomic mass is 16.5. The summed E-state index contributed by atoms with van der Waals surface area (Å²) in [6.45, 7) is 10.7. The van der Waals surface area contributed by atoms with E-state index < -0.39 is 0 Å². The minimum atomic E-state index is 0.196. The molecule has 5 nitrogen and oxygen atoms in total. The molecule has 0 aromatic heterocycles. The second-order valence-corrected chi connectivity index (χ2v) is 8.42. The molecule has 0 N–H and O–H groups in total. The van der Waals surface area contributed by atoms with E-state index in [9.17, 15) is 0 Å². The fourth-order valence-electron chi connectivity index (χ4n) is 3.85. The fraction of sp³-hybridized carbons (Fsp3) is 0.889. The third-order valence-electron chi connectivity index (χ3n) is 5.52. The molecule has 2 bridgehead atoms. The van der Waals surface area contributed by atoms with Gasteiger partial charge in [0.1, 0.15) is 0 Å². The highest BCUT2D eigenvalue weighted by molar-refractivity contribution is 5.14. The van der Waals surface area contributed by atoms with Gasteiger partial charge in [-0.15, -0.1) is 0 Å². The van der Waals surface area contributed by atoms with Gasteiger partial charge in [-0.2, -0.15) is 0 Å². The highest BCUT2D eigenvalue weighted by Gasteiger charge is 2.46. The lowest BCUT2D eigenvalue weighted by atomic mass is 9.83. The van der Waals surface area contributed by atoms with Crippen LogP contribution < -0.4 is 0 Å². The van der Waals surface area contributed by atoms with E-state index in [4.69, 9.17) is 23.7 Å². The zero-order valence-electron chi connectivity index (χ0n) is 14.2. The zero-order valence-corrected chi connectivity index (χ0v) is 14.2. The Morgan fingerprint density at radius 1 is 0.826 bits per heavy atom. The van der Waals surface area contributed by atoms with E-state index >= 15 is 0 Å². The summed E-state index contributed by atoms with van der Waals surface area (Å²) in [7, 11) is 0. The fourth-order valence-corrected chi connectivity index (χ4v) is 3.85. The van der Waals surface area contributed by atoms with Crippen LogP contribution in [0.3, 0.4) is 0 Å². The van der Waals surface area contributed by atoms with Crippen molar-refractivity contribution < 1.29 is 23.7 Å². The molecule has 4 rings (SSSR count). The van der Waals surface area contributed by atoms with Crippen LogP contribution in [0.5, 0.6) is 0 Å². The van der Waals surface area contributed by atoms with Gasteiger partial charge >= 0.3 is 0 Å². The molecule has 0 radical (unpaired) electrons. The van der Waals surface area contributed by atoms with Crippen LogP contribution in [0.4, 0.5) is 0 Å². The zero-order chi connectivity index (χ0) is 15.9. The molecule has 0 amide bonds. The molecule has 4 aliphatic heterocycles. The first-order chi connectivity index (χ1) is 11.1. The molecular weight excluding hydrogens is 296 g/mol. The molecule has 0 aromatic rings. The predicted molar refractivity (Wildman–Crippen MR) is 84.3 cm³/mol. The summed E-state index contributed by atoms with van der Waals surface area (Å²) in [5.41, 5.74) is 0.415. The smallest absolute Gasteiger partial charge is 0.0819 e. The summed E-state index contributed by atoms with van der Waals surface area (Å²) in [5, 5.41) is 0. The second kappa shape index (κ2) is 6.12. The molecule has 0 aliphatic carbocycles. The number of hydrogen-bond acceptors (Lipinski definition) is 5. The van der Waals surface area contributed by atoms with E-state index in [1.807, 2.05) is 0 Å². The van der Waals surface area contributed by atoms with Gasteiger partial charge in [0.25, 0.3) is 0 Å². The topological polar surface area (TPSA) is 46.2 Å². The van der Waals surface area contributed by atoms with Crippen LogP contribution in [0, 0.1) is 22.7 Å². The van der Waals surface area contributed by atoms with Gasteiger partial charge in [-0.25, -0.2) is 0 Å². The first kappa shape index (κ1) is 16.0. The van der Waals surface area contributed by atoms with E-state index in [0.717, 1.165) is 52.9 Å². The lowest BCUT2D eigenvalue weighted by molar-refractivity contribution is -0.147. The minimum absolute atomic E-state index is 0.196. The molecule has 0 spiro atoms. The van der Waals surface area contributed by atoms with Crippen LogP contribution in [0.25, 0.3) is 0 Å². The first-order valence-corrected chi connectivity index (χ1v) is 8.72. The Bertz CT molecular complexity index is 414. The van der Waals surface area contributed by atoms with E-state index in [1.54, 1.807) is 0 Å². The van der Waals surface area contributed by atoms with Crippen molar-refractivity contribution in [2.45, 2.75) is 26.1 Å². The van der Waals surface area contributed by atoms with Gasteiger partial charge < -0.3 is 23.7 Å². The van der Waals surface area contributed by atoms with Crippen LogP contribution >= 0.6 is 0 Å². The van der Waals surface area contributed by atoms with E-state index in [1.165, 1.54) is 0 Å². The maximum Gasteiger partial charge on any atom is 0.0819 e. The summed E-state index contributed by atoms with van der Waals surface area (Å²) in [6.07, 6.45) is 4.76. The van der Waals surface area contributed by atoms with Crippen LogP contribution in [0.2, 0.25) is 0 Å². The quantitative estimate of drug-likeness (QED) is 0.636. The van der Waals surface area contributed by atoms with Crippen molar-refractivity contribution in [2.24, 2.45) is 22.7 Å². The van der Waals surface area contributed by atoms with Crippen LogP contribution in [-0.2, 0) is 23.7 Å². The third-order valence-corrected chi connectivity index (χ3v) is 5.52. The molecule has 23 heavy (non-hydrogen) atoms. The molecule has 4 unspecified atom stereocenters. The van der Waals surface area contributed by atoms with Crippen molar-refractivity contribution in [2.75, 3.05) is 52.9 Å². The molecule has 130 valence electrons. The second-order valence-electron chi connectivity index (χ2n) is 8.42. The minimum Gasteiger partial charge on any atom is -0.380 e. The van der Waals surface area contributed by atoms with E-state index in [-0.39, 0.29) is 23.0 Å². The van der Waals surface area contributed by atoms with Gasteiger partial charge in [-0.1, -0.05) is 26.0 Å². The summed E-state index contributed by atoms with van der Waals surface area (Å²) in [6, 6.07) is 0. The van der Waals surface area contributed by atoms with E-state index in [2.05, 4.69) is 26.0 Å². The molecular formula is C18H28O5. The molecule has 4 atom stereocenters. The predicted octanol–water partition coefficient (Wildman–Crippen LogP) is 1.66. The summed E-state index contributed by atoms with van der Waals surface area (Å²) >= 11 is 0. The molecule has 4 heterocycles. The Labute approximate surface area is 138 Å². The average molecular weight is 324 g/mol. The van der Waals surface area contributed by atoms with Crippen molar-refractivity contribution in [3.8, 4) is 0 Å². The normalized spacial score (nSPS) is 39.2. The number of rotatable bonds is 8. The van der Waals surface area contributed by atoms with Crippen molar-refractivity contribution in [1.82, 2.24) is 0 Å². The average Bonchev–Trinajstić information content (AvgIpc) is 3.06. The highest BCUT2D eigenvalue weighted by Crippen LogP contribution is 2.40. The number of hydrogen-bond donors (Lipinski definition) is 0. The standard InChI is InChI=1S/C18H28O5/c1-17(9-21-10-17)7-19-5-13-14(16-4-3-15(13)23-16)6-20-8-18(2)11-22-12-18/h3-4,13-16H,5-12H2,1-2H3. The molecule has 3 fully saturated rings. The number of fused-ring (bicyclic) bond motifs is 2. The maximum atomic E-state index is 6.02. The van der Waals surface area contributed by atoms with Gasteiger partial charge in [-0.3, -0.25) is 0 Å². The van der Waals surface area contributed by atoms with Crippen LogP contribution in [0.1, 0.15) is 13.8 Å². The first-order valence-electron chi connectivity index (χ1n) is 8.72. The Kier molecular flexibility index (Phi) is 4.26. The van der Waals surface area contributed by atoms with Gasteiger partial charge in [0.05, 0.1) is 65.1 Å². The molecule has 4 aliphatic rings. The lowest BCUT2D eigenvalue weighted by Crippen LogP contribution is -2.45. The van der Waals surface area contributed by atoms with E-state index in [0.29, 0.717) is 11.8 Å². The van der Waals surface area contributed by atoms with Crippen LogP contribution in [-0.4, -0.2) is 65.1 Å². The van der Waals surface area contributed by atoms with Gasteiger partial charge in [0.2, 0.25) is 0 Å². The lowest BCUT2D eigenvalue weighted by Gasteiger charge is -2.39. The van der Waals surface area contributed by atoms with Crippen molar-refractivity contribution >= 4 is 0 Å². The van der Waals surface area contributed by atoms with Gasteiger partial charge in [0, 0.05) is 22.7 Å². The summed E-state index contributed by atoms with van der Waals surface area (Å²) < 4.78 is 28.6. The monoisotopic (exact) mass is 324 g/mol. The summed E-state index contributed by atoms with van der Waals surface area (Å²) in [4.78, 5) is 0. The third kappa shape index (κ3) is 3.22. The molecule has 3 saturated heterocycles. The Morgan fingerprint density at radius 2 is 1.26 bits per heavy atom. The largest absolute Gasteiger partial charge is 0.380 e. The molecule has 0 aromatic carbocycles. The Morgan fingerprint density at radius 3 is 1.61 bits per heavy atom. The van der Waals surface area contributed by atoms with Crippen molar-refractivity contribution in [3.05, 3.63) is 12.2 Å². The Hall–Kier alpha value is -0.460. The van der Waals surface area contributed by atoms with Crippen molar-refractivity contribution in [1.29, 1.82) is 0 Å². The van der Waals surface area contributed by atoms with Crippen LogP contribution in [0.15, 0.2) is 12.2 Å². The maximum absolute atomic E-state index is 6.02. The van der Waals surface area contributed by atoms with Gasteiger partial charge in [-0.05, 0) is 0 Å². The SMILES string of the molecule is CC1(COCC2C3C=CC(O3)C2COCC2(C)COC2)COC1. The molecule has 0 saturated carbocycles.